The predicted molar refractivity (Wildman–Crippen MR) is 57.9 cm³/mol. The highest BCUT2D eigenvalue weighted by Gasteiger charge is 2.32. The molecule has 0 aliphatic carbocycles. The van der Waals surface area contributed by atoms with Gasteiger partial charge in [-0.2, -0.15) is 4.31 Å². The van der Waals surface area contributed by atoms with E-state index in [-0.39, 0.29) is 17.3 Å². The topological polar surface area (TPSA) is 40.6 Å². The molecule has 1 saturated heterocycles. The van der Waals surface area contributed by atoms with Gasteiger partial charge in [0.05, 0.1) is 0 Å². The molecular formula is C8H17ClN2O2S. The number of nitrogens with zero attached hydrogens (tertiary/aromatic N) is 2. The summed E-state index contributed by atoms with van der Waals surface area (Å²) in [4.78, 5) is 2.18. The van der Waals surface area contributed by atoms with Crippen LogP contribution in [-0.2, 0) is 10.0 Å². The van der Waals surface area contributed by atoms with Crippen LogP contribution in [0.15, 0.2) is 0 Å². The van der Waals surface area contributed by atoms with Gasteiger partial charge in [0, 0.05) is 25.2 Å². The van der Waals surface area contributed by atoms with E-state index in [0.29, 0.717) is 13.1 Å². The molecule has 4 nitrogen and oxygen atoms in total. The van der Waals surface area contributed by atoms with E-state index in [2.05, 4.69) is 4.90 Å². The maximum atomic E-state index is 11.5. The monoisotopic (exact) mass is 240 g/mol. The summed E-state index contributed by atoms with van der Waals surface area (Å²) in [6.45, 7) is 5.12. The standard InChI is InChI=1S/C8H17ClN2O2S/c1-7-4-11(14(12,13)6-9)5-8(2)10(7)3/h7-8H,4-6H2,1-3H3. The molecule has 0 amide bonds. The lowest BCUT2D eigenvalue weighted by Gasteiger charge is -2.41. The van der Waals surface area contributed by atoms with Crippen molar-refractivity contribution in [3.05, 3.63) is 0 Å². The quantitative estimate of drug-likeness (QED) is 0.662. The molecule has 0 bridgehead atoms. The molecule has 0 saturated carbocycles. The van der Waals surface area contributed by atoms with E-state index in [9.17, 15) is 8.42 Å². The minimum atomic E-state index is -3.24. The second-order valence-corrected chi connectivity index (χ2v) is 6.45. The van der Waals surface area contributed by atoms with Gasteiger partial charge in [0.2, 0.25) is 10.0 Å². The fraction of sp³-hybridized carbons (Fsp3) is 1.00. The lowest BCUT2D eigenvalue weighted by Crippen LogP contribution is -2.56. The Bertz CT molecular complexity index is 282. The number of halogens is 1. The summed E-state index contributed by atoms with van der Waals surface area (Å²) in [5.74, 6) is 0. The van der Waals surface area contributed by atoms with Crippen LogP contribution in [0, 0.1) is 0 Å². The summed E-state index contributed by atoms with van der Waals surface area (Å²) >= 11 is 5.42. The van der Waals surface area contributed by atoms with E-state index in [1.54, 1.807) is 0 Å². The maximum Gasteiger partial charge on any atom is 0.228 e. The summed E-state index contributed by atoms with van der Waals surface area (Å²) in [5.41, 5.74) is 0. The third-order valence-electron chi connectivity index (χ3n) is 2.86. The van der Waals surface area contributed by atoms with Gasteiger partial charge in [-0.1, -0.05) is 0 Å². The number of hydrogen-bond donors (Lipinski definition) is 0. The average molecular weight is 241 g/mol. The van der Waals surface area contributed by atoms with Crippen LogP contribution in [0.3, 0.4) is 0 Å². The molecule has 1 heterocycles. The van der Waals surface area contributed by atoms with Crippen LogP contribution in [0.2, 0.25) is 0 Å². The van der Waals surface area contributed by atoms with Gasteiger partial charge in [0.1, 0.15) is 5.21 Å². The minimum absolute atomic E-state index is 0.247. The van der Waals surface area contributed by atoms with Crippen LogP contribution >= 0.6 is 11.6 Å². The first-order valence-corrected chi connectivity index (χ1v) is 6.78. The van der Waals surface area contributed by atoms with E-state index in [4.69, 9.17) is 11.6 Å². The van der Waals surface area contributed by atoms with E-state index in [1.165, 1.54) is 4.31 Å². The van der Waals surface area contributed by atoms with E-state index in [1.807, 2.05) is 20.9 Å². The zero-order chi connectivity index (χ0) is 10.9. The lowest BCUT2D eigenvalue weighted by atomic mass is 10.1. The van der Waals surface area contributed by atoms with Gasteiger partial charge in [-0.3, -0.25) is 4.90 Å². The highest BCUT2D eigenvalue weighted by molar-refractivity contribution is 7.90. The predicted octanol–water partition coefficient (Wildman–Crippen LogP) is 0.537. The summed E-state index contributed by atoms with van der Waals surface area (Å²) in [5, 5.41) is -0.323. The molecule has 0 spiro atoms. The van der Waals surface area contributed by atoms with Crippen molar-refractivity contribution in [3.63, 3.8) is 0 Å². The van der Waals surface area contributed by atoms with Crippen LogP contribution in [0.5, 0.6) is 0 Å². The number of likely N-dealkylation sites (N-methyl/N-ethyl adjacent to an activating group) is 1. The molecule has 6 heteroatoms. The second kappa shape index (κ2) is 4.35. The van der Waals surface area contributed by atoms with Crippen molar-refractivity contribution < 1.29 is 8.42 Å². The van der Waals surface area contributed by atoms with Crippen LogP contribution in [0.25, 0.3) is 0 Å². The van der Waals surface area contributed by atoms with Gasteiger partial charge >= 0.3 is 0 Å². The van der Waals surface area contributed by atoms with Crippen molar-refractivity contribution in [2.24, 2.45) is 0 Å². The molecule has 0 aromatic rings. The van der Waals surface area contributed by atoms with Crippen LogP contribution in [0.4, 0.5) is 0 Å². The Kier molecular flexibility index (Phi) is 3.80. The van der Waals surface area contributed by atoms with Crippen LogP contribution in [-0.4, -0.2) is 55.1 Å². The minimum Gasteiger partial charge on any atom is -0.298 e. The van der Waals surface area contributed by atoms with Crippen molar-refractivity contribution in [2.45, 2.75) is 25.9 Å². The van der Waals surface area contributed by atoms with Crippen molar-refractivity contribution in [3.8, 4) is 0 Å². The van der Waals surface area contributed by atoms with Crippen LogP contribution < -0.4 is 0 Å². The molecule has 1 fully saturated rings. The zero-order valence-electron chi connectivity index (χ0n) is 8.77. The Hall–Kier alpha value is 0.160. The number of rotatable bonds is 2. The first kappa shape index (κ1) is 12.2. The van der Waals surface area contributed by atoms with Gasteiger partial charge in [0.25, 0.3) is 0 Å². The van der Waals surface area contributed by atoms with Crippen molar-refractivity contribution in [1.82, 2.24) is 9.21 Å². The fourth-order valence-electron chi connectivity index (χ4n) is 1.65. The Labute approximate surface area is 90.9 Å². The number of hydrogen-bond acceptors (Lipinski definition) is 3. The highest BCUT2D eigenvalue weighted by Crippen LogP contribution is 2.17. The highest BCUT2D eigenvalue weighted by atomic mass is 35.5. The largest absolute Gasteiger partial charge is 0.298 e. The normalized spacial score (nSPS) is 32.0. The number of piperazine rings is 1. The molecule has 1 aliphatic heterocycles. The molecule has 1 rings (SSSR count). The molecule has 0 N–H and O–H groups in total. The number of sulfonamides is 1. The smallest absolute Gasteiger partial charge is 0.228 e. The van der Waals surface area contributed by atoms with Crippen molar-refractivity contribution >= 4 is 21.6 Å². The molecule has 0 aromatic heterocycles. The molecule has 1 aliphatic rings. The zero-order valence-corrected chi connectivity index (χ0v) is 10.3. The fourth-order valence-corrected chi connectivity index (χ4v) is 3.09. The summed E-state index contributed by atoms with van der Waals surface area (Å²) in [7, 11) is -1.22. The lowest BCUT2D eigenvalue weighted by molar-refractivity contribution is 0.105. The van der Waals surface area contributed by atoms with Crippen molar-refractivity contribution in [2.75, 3.05) is 25.3 Å². The Morgan fingerprint density at radius 2 is 1.71 bits per heavy atom. The first-order valence-electron chi connectivity index (χ1n) is 4.64. The molecule has 2 unspecified atom stereocenters. The molecule has 0 radical (unpaired) electrons. The number of alkyl halides is 1. The van der Waals surface area contributed by atoms with Gasteiger partial charge in [-0.05, 0) is 20.9 Å². The van der Waals surface area contributed by atoms with Gasteiger partial charge in [0.15, 0.2) is 0 Å². The van der Waals surface area contributed by atoms with E-state index >= 15 is 0 Å². The van der Waals surface area contributed by atoms with E-state index < -0.39 is 10.0 Å². The molecular weight excluding hydrogens is 224 g/mol. The third-order valence-corrected chi connectivity index (χ3v) is 5.05. The first-order chi connectivity index (χ1) is 6.38. The van der Waals surface area contributed by atoms with Gasteiger partial charge in [-0.15, -0.1) is 11.6 Å². The average Bonchev–Trinajstić information content (AvgIpc) is 2.13. The van der Waals surface area contributed by atoms with Gasteiger partial charge < -0.3 is 0 Å². The molecule has 84 valence electrons. The Morgan fingerprint density at radius 1 is 1.29 bits per heavy atom. The summed E-state index contributed by atoms with van der Waals surface area (Å²) in [6, 6.07) is 0.494. The molecule has 2 atom stereocenters. The van der Waals surface area contributed by atoms with Crippen LogP contribution in [0.1, 0.15) is 13.8 Å². The molecule has 0 aromatic carbocycles. The van der Waals surface area contributed by atoms with E-state index in [0.717, 1.165) is 0 Å². The Morgan fingerprint density at radius 3 is 2.07 bits per heavy atom. The summed E-state index contributed by atoms with van der Waals surface area (Å²) in [6.07, 6.45) is 0. The third kappa shape index (κ3) is 2.39. The second-order valence-electron chi connectivity index (χ2n) is 3.90. The van der Waals surface area contributed by atoms with Gasteiger partial charge in [-0.25, -0.2) is 8.42 Å². The van der Waals surface area contributed by atoms with Crippen molar-refractivity contribution in [1.29, 1.82) is 0 Å². The summed E-state index contributed by atoms with van der Waals surface area (Å²) < 4.78 is 24.5. The SMILES string of the molecule is CC1CN(S(=O)(=O)CCl)CC(C)N1C. The molecule has 14 heavy (non-hydrogen) atoms. The maximum absolute atomic E-state index is 11.5. The Balaban J connectivity index is 2.77.